The number of rotatable bonds is 11. The molecule has 2 aromatic carbocycles. The van der Waals surface area contributed by atoms with Crippen LogP contribution in [0.2, 0.25) is 0 Å². The molecule has 0 radical (unpaired) electrons. The highest BCUT2D eigenvalue weighted by molar-refractivity contribution is 7.20. The highest BCUT2D eigenvalue weighted by Crippen LogP contribution is 2.28. The molecule has 0 fully saturated rings. The summed E-state index contributed by atoms with van der Waals surface area (Å²) in [5.74, 6) is -0.677. The van der Waals surface area contributed by atoms with Gasteiger partial charge in [-0.15, -0.1) is 11.3 Å². The van der Waals surface area contributed by atoms with Crippen molar-refractivity contribution in [3.05, 3.63) is 59.0 Å². The summed E-state index contributed by atoms with van der Waals surface area (Å²) in [7, 11) is 0. The van der Waals surface area contributed by atoms with Gasteiger partial charge in [-0.3, -0.25) is 19.2 Å². The van der Waals surface area contributed by atoms with Gasteiger partial charge >= 0.3 is 5.97 Å². The SMILES string of the molecule is CCONC(=O)c1cc2cc(NC(=O)Cc3ccc(OCCCC(=O)O)cc3)ccc2s1. The number of hydrogen-bond donors (Lipinski definition) is 3. The van der Waals surface area contributed by atoms with Crippen LogP contribution in [-0.4, -0.2) is 36.1 Å². The Hall–Kier alpha value is -3.43. The molecule has 0 saturated carbocycles. The third-order valence-corrected chi connectivity index (χ3v) is 5.54. The number of hydroxylamine groups is 1. The van der Waals surface area contributed by atoms with Gasteiger partial charge < -0.3 is 15.2 Å². The number of benzene rings is 2. The highest BCUT2D eigenvalue weighted by Gasteiger charge is 2.11. The molecule has 0 bridgehead atoms. The van der Waals surface area contributed by atoms with Gasteiger partial charge in [-0.25, -0.2) is 5.48 Å². The van der Waals surface area contributed by atoms with Gasteiger partial charge in [0.1, 0.15) is 5.75 Å². The van der Waals surface area contributed by atoms with E-state index in [-0.39, 0.29) is 24.7 Å². The molecule has 3 rings (SSSR count). The zero-order chi connectivity index (χ0) is 22.9. The van der Waals surface area contributed by atoms with Gasteiger partial charge in [-0.1, -0.05) is 12.1 Å². The van der Waals surface area contributed by atoms with Gasteiger partial charge in [0.25, 0.3) is 5.91 Å². The van der Waals surface area contributed by atoms with Crippen molar-refractivity contribution in [2.75, 3.05) is 18.5 Å². The van der Waals surface area contributed by atoms with Crippen molar-refractivity contribution >= 4 is 44.9 Å². The van der Waals surface area contributed by atoms with Gasteiger partial charge in [0.2, 0.25) is 5.91 Å². The first-order valence-electron chi connectivity index (χ1n) is 10.1. The predicted molar refractivity (Wildman–Crippen MR) is 122 cm³/mol. The molecule has 0 aliphatic heterocycles. The number of nitrogens with one attached hydrogen (secondary N) is 2. The minimum Gasteiger partial charge on any atom is -0.494 e. The molecular formula is C23H24N2O6S. The second-order valence-corrected chi connectivity index (χ2v) is 8.03. The number of amides is 2. The van der Waals surface area contributed by atoms with Gasteiger partial charge in [-0.05, 0) is 60.7 Å². The summed E-state index contributed by atoms with van der Waals surface area (Å²) in [5, 5.41) is 12.4. The molecule has 0 atom stereocenters. The Bertz CT molecular complexity index is 1090. The van der Waals surface area contributed by atoms with E-state index in [1.807, 2.05) is 12.1 Å². The number of thiophene rings is 1. The van der Waals surface area contributed by atoms with Crippen molar-refractivity contribution in [1.29, 1.82) is 0 Å². The third kappa shape index (κ3) is 6.79. The van der Waals surface area contributed by atoms with Crippen molar-refractivity contribution < 1.29 is 29.1 Å². The largest absolute Gasteiger partial charge is 0.494 e. The molecule has 0 aliphatic carbocycles. The second-order valence-electron chi connectivity index (χ2n) is 6.94. The average molecular weight is 457 g/mol. The Balaban J connectivity index is 1.54. The van der Waals surface area contributed by atoms with Crippen LogP contribution in [0.5, 0.6) is 5.75 Å². The number of hydrogen-bond acceptors (Lipinski definition) is 6. The Kier molecular flexibility index (Phi) is 8.18. The van der Waals surface area contributed by atoms with Crippen molar-refractivity contribution in [1.82, 2.24) is 5.48 Å². The molecule has 168 valence electrons. The monoisotopic (exact) mass is 456 g/mol. The molecule has 9 heteroatoms. The average Bonchev–Trinajstić information content (AvgIpc) is 3.19. The molecular weight excluding hydrogens is 432 g/mol. The Morgan fingerprint density at radius 3 is 2.56 bits per heavy atom. The first-order valence-corrected chi connectivity index (χ1v) is 11.0. The van der Waals surface area contributed by atoms with Gasteiger partial charge in [0.05, 0.1) is 24.5 Å². The van der Waals surface area contributed by atoms with Crippen LogP contribution in [0.4, 0.5) is 5.69 Å². The molecule has 0 spiro atoms. The number of carbonyl (C=O) groups is 3. The molecule has 0 aliphatic rings. The molecule has 3 aromatic rings. The highest BCUT2D eigenvalue weighted by atomic mass is 32.1. The lowest BCUT2D eigenvalue weighted by atomic mass is 10.1. The number of ether oxygens (including phenoxy) is 1. The third-order valence-electron chi connectivity index (χ3n) is 4.42. The summed E-state index contributed by atoms with van der Waals surface area (Å²) in [4.78, 5) is 40.4. The van der Waals surface area contributed by atoms with Crippen molar-refractivity contribution in [2.45, 2.75) is 26.2 Å². The Labute approximate surface area is 189 Å². The van der Waals surface area contributed by atoms with Crippen LogP contribution in [0.1, 0.15) is 35.0 Å². The van der Waals surface area contributed by atoms with E-state index in [9.17, 15) is 14.4 Å². The van der Waals surface area contributed by atoms with E-state index < -0.39 is 5.97 Å². The molecule has 32 heavy (non-hydrogen) atoms. The predicted octanol–water partition coefficient (Wildman–Crippen LogP) is 4.01. The van der Waals surface area contributed by atoms with E-state index in [2.05, 4.69) is 10.8 Å². The smallest absolute Gasteiger partial charge is 0.303 e. The van der Waals surface area contributed by atoms with Gasteiger partial charge in [0.15, 0.2) is 0 Å². The number of aliphatic carboxylic acids is 1. The van der Waals surface area contributed by atoms with E-state index in [0.717, 1.165) is 15.6 Å². The fourth-order valence-corrected chi connectivity index (χ4v) is 3.86. The van der Waals surface area contributed by atoms with E-state index in [1.54, 1.807) is 43.3 Å². The van der Waals surface area contributed by atoms with E-state index in [4.69, 9.17) is 14.7 Å². The van der Waals surface area contributed by atoms with Crippen LogP contribution in [0.15, 0.2) is 48.5 Å². The first-order chi connectivity index (χ1) is 15.4. The van der Waals surface area contributed by atoms with Crippen LogP contribution < -0.4 is 15.5 Å². The molecule has 8 nitrogen and oxygen atoms in total. The molecule has 0 saturated heterocycles. The molecule has 2 amide bonds. The lowest BCUT2D eigenvalue weighted by molar-refractivity contribution is -0.137. The van der Waals surface area contributed by atoms with Crippen LogP contribution in [-0.2, 0) is 20.8 Å². The lowest BCUT2D eigenvalue weighted by Gasteiger charge is -2.08. The van der Waals surface area contributed by atoms with Crippen LogP contribution in [0, 0.1) is 0 Å². The maximum atomic E-state index is 12.4. The fourth-order valence-electron chi connectivity index (χ4n) is 2.93. The summed E-state index contributed by atoms with van der Waals surface area (Å²) in [5.41, 5.74) is 3.85. The number of anilines is 1. The van der Waals surface area contributed by atoms with E-state index >= 15 is 0 Å². The molecule has 1 heterocycles. The Morgan fingerprint density at radius 2 is 1.84 bits per heavy atom. The number of carbonyl (C=O) groups excluding carboxylic acids is 2. The van der Waals surface area contributed by atoms with Crippen molar-refractivity contribution in [3.63, 3.8) is 0 Å². The maximum absolute atomic E-state index is 12.4. The zero-order valence-corrected chi connectivity index (χ0v) is 18.4. The summed E-state index contributed by atoms with van der Waals surface area (Å²) in [6, 6.07) is 14.4. The quantitative estimate of drug-likeness (QED) is 0.297. The van der Waals surface area contributed by atoms with Gasteiger partial charge in [0, 0.05) is 16.8 Å². The van der Waals surface area contributed by atoms with E-state index in [0.29, 0.717) is 35.9 Å². The number of carboxylic acids is 1. The summed E-state index contributed by atoms with van der Waals surface area (Å²) >= 11 is 1.35. The fraction of sp³-hybridized carbons (Fsp3) is 0.261. The van der Waals surface area contributed by atoms with Crippen LogP contribution in [0.25, 0.3) is 10.1 Å². The number of fused-ring (bicyclic) bond motifs is 1. The molecule has 1 aromatic heterocycles. The maximum Gasteiger partial charge on any atom is 0.303 e. The van der Waals surface area contributed by atoms with Crippen molar-refractivity contribution in [3.8, 4) is 5.75 Å². The normalized spacial score (nSPS) is 10.7. The first kappa shape index (κ1) is 23.2. The van der Waals surface area contributed by atoms with E-state index in [1.165, 1.54) is 11.3 Å². The lowest BCUT2D eigenvalue weighted by Crippen LogP contribution is -2.22. The standard InChI is InChI=1S/C23H24N2O6S/c1-2-31-25-23(29)20-14-16-13-17(7-10-19(16)32-20)24-21(26)12-15-5-8-18(9-6-15)30-11-3-4-22(27)28/h5-10,13-14H,2-4,11-12H2,1H3,(H,24,26)(H,25,29)(H,27,28). The second kappa shape index (κ2) is 11.3. The summed E-state index contributed by atoms with van der Waals surface area (Å²) < 4.78 is 6.43. The summed E-state index contributed by atoms with van der Waals surface area (Å²) in [6.07, 6.45) is 0.701. The minimum atomic E-state index is -0.847. The van der Waals surface area contributed by atoms with Crippen LogP contribution >= 0.6 is 11.3 Å². The Morgan fingerprint density at radius 1 is 1.06 bits per heavy atom. The van der Waals surface area contributed by atoms with Gasteiger partial charge in [-0.2, -0.15) is 0 Å². The van der Waals surface area contributed by atoms with Crippen molar-refractivity contribution in [2.24, 2.45) is 0 Å². The molecule has 3 N–H and O–H groups in total. The number of carboxylic acid groups (broad SMARTS) is 1. The summed E-state index contributed by atoms with van der Waals surface area (Å²) in [6.45, 7) is 2.50. The molecule has 0 unspecified atom stereocenters. The topological polar surface area (TPSA) is 114 Å². The zero-order valence-electron chi connectivity index (χ0n) is 17.6. The minimum absolute atomic E-state index is 0.0667. The van der Waals surface area contributed by atoms with Crippen LogP contribution in [0.3, 0.4) is 0 Å².